The lowest BCUT2D eigenvalue weighted by molar-refractivity contribution is 0.0813. The first-order valence-electron chi connectivity index (χ1n) is 12.4. The van der Waals surface area contributed by atoms with Crippen molar-refractivity contribution < 1.29 is 9.13 Å². The largest absolute Gasteiger partial charge is 0.489 e. The smallest absolute Gasteiger partial charge is 0.123 e. The third-order valence-corrected chi connectivity index (χ3v) is 6.86. The highest BCUT2D eigenvalue weighted by atomic mass is 19.1. The predicted molar refractivity (Wildman–Crippen MR) is 132 cm³/mol. The topological polar surface area (TPSA) is 39.5 Å². The van der Waals surface area contributed by atoms with Gasteiger partial charge in [-0.2, -0.15) is 5.26 Å². The highest BCUT2D eigenvalue weighted by Gasteiger charge is 2.21. The number of piperazine rings is 1. The number of aryl methyl sites for hydroxylation is 1. The molecule has 0 aromatic heterocycles. The van der Waals surface area contributed by atoms with E-state index in [1.54, 1.807) is 12.1 Å². The molecule has 2 aromatic rings. The Morgan fingerprint density at radius 1 is 1.00 bits per heavy atom. The summed E-state index contributed by atoms with van der Waals surface area (Å²) in [6, 6.07) is 14.9. The maximum Gasteiger partial charge on any atom is 0.123 e. The number of ether oxygens (including phenoxy) is 1. The third kappa shape index (κ3) is 7.55. The zero-order chi connectivity index (χ0) is 23.6. The van der Waals surface area contributed by atoms with Gasteiger partial charge in [-0.25, -0.2) is 4.39 Å². The Morgan fingerprint density at radius 2 is 1.70 bits per heavy atom. The average Bonchev–Trinajstić information content (AvgIpc) is 2.83. The van der Waals surface area contributed by atoms with Crippen molar-refractivity contribution in [1.29, 1.82) is 5.26 Å². The second-order valence-corrected chi connectivity index (χ2v) is 9.18. The van der Waals surface area contributed by atoms with Crippen molar-refractivity contribution in [1.82, 2.24) is 9.80 Å². The first-order valence-corrected chi connectivity index (χ1v) is 12.4. The second kappa shape index (κ2) is 12.7. The fraction of sp³-hybridized carbons (Fsp3) is 0.536. The molecular formula is C28H38FN3O. The Balaban J connectivity index is 1.39. The molecule has 178 valence electrons. The lowest BCUT2D eigenvalue weighted by Gasteiger charge is -2.36. The van der Waals surface area contributed by atoms with E-state index in [9.17, 15) is 4.39 Å². The summed E-state index contributed by atoms with van der Waals surface area (Å²) in [7, 11) is 0. The van der Waals surface area contributed by atoms with E-state index in [2.05, 4.69) is 41.8 Å². The van der Waals surface area contributed by atoms with Crippen LogP contribution in [0.2, 0.25) is 0 Å². The molecule has 2 unspecified atom stereocenters. The number of nitriles is 1. The maximum atomic E-state index is 13.1. The van der Waals surface area contributed by atoms with Crippen molar-refractivity contribution in [3.63, 3.8) is 0 Å². The summed E-state index contributed by atoms with van der Waals surface area (Å²) in [6.45, 7) is 12.8. The van der Waals surface area contributed by atoms with E-state index in [1.807, 2.05) is 13.0 Å². The van der Waals surface area contributed by atoms with Crippen LogP contribution in [-0.4, -0.2) is 55.2 Å². The van der Waals surface area contributed by atoms with E-state index in [-0.39, 0.29) is 11.9 Å². The van der Waals surface area contributed by atoms with Crippen LogP contribution in [0.4, 0.5) is 4.39 Å². The zero-order valence-electron chi connectivity index (χ0n) is 20.4. The van der Waals surface area contributed by atoms with Crippen molar-refractivity contribution in [3.05, 3.63) is 65.0 Å². The van der Waals surface area contributed by atoms with Crippen molar-refractivity contribution in [2.75, 3.05) is 39.3 Å². The van der Waals surface area contributed by atoms with Crippen LogP contribution < -0.4 is 4.74 Å². The molecule has 1 fully saturated rings. The summed E-state index contributed by atoms with van der Waals surface area (Å²) < 4.78 is 19.2. The molecule has 0 saturated carbocycles. The number of hydrogen-bond donors (Lipinski definition) is 0. The molecule has 1 saturated heterocycles. The standard InChI is InChI=1S/C28H38FN3O/c1-4-23(24-8-9-25(20-30)22(3)19-24)7-6-14-31-15-17-32(18-16-31)21-27(5-2)33-28-12-10-26(29)11-13-28/h8-13,19,23,27H,4-7,14-18,21H2,1-3H3. The molecule has 0 radical (unpaired) electrons. The molecule has 2 aromatic carbocycles. The van der Waals surface area contributed by atoms with Crippen LogP contribution >= 0.6 is 0 Å². The molecule has 4 nitrogen and oxygen atoms in total. The van der Waals surface area contributed by atoms with Gasteiger partial charge in [0.2, 0.25) is 0 Å². The number of benzene rings is 2. The third-order valence-electron chi connectivity index (χ3n) is 6.86. The Labute approximate surface area is 199 Å². The highest BCUT2D eigenvalue weighted by Crippen LogP contribution is 2.27. The van der Waals surface area contributed by atoms with Crippen LogP contribution in [0.3, 0.4) is 0 Å². The normalized spacial score (nSPS) is 16.8. The number of rotatable bonds is 11. The minimum Gasteiger partial charge on any atom is -0.489 e. The van der Waals surface area contributed by atoms with Gasteiger partial charge >= 0.3 is 0 Å². The fourth-order valence-electron chi connectivity index (χ4n) is 4.67. The van der Waals surface area contributed by atoms with Crippen molar-refractivity contribution in [2.45, 2.75) is 58.5 Å². The summed E-state index contributed by atoms with van der Waals surface area (Å²) in [4.78, 5) is 5.07. The minimum atomic E-state index is -0.233. The van der Waals surface area contributed by atoms with E-state index >= 15 is 0 Å². The summed E-state index contributed by atoms with van der Waals surface area (Å²) in [5.74, 6) is 1.07. The molecule has 0 amide bonds. The van der Waals surface area contributed by atoms with Gasteiger partial charge in [-0.1, -0.05) is 26.0 Å². The molecule has 3 rings (SSSR count). The summed E-state index contributed by atoms with van der Waals surface area (Å²) in [6.07, 6.45) is 4.58. The minimum absolute atomic E-state index is 0.128. The van der Waals surface area contributed by atoms with Crippen LogP contribution in [0.5, 0.6) is 5.75 Å². The molecule has 1 aliphatic rings. The molecule has 0 spiro atoms. The number of hydrogen-bond acceptors (Lipinski definition) is 4. The van der Waals surface area contributed by atoms with E-state index in [4.69, 9.17) is 10.00 Å². The van der Waals surface area contributed by atoms with Gasteiger partial charge in [-0.15, -0.1) is 0 Å². The summed E-state index contributed by atoms with van der Waals surface area (Å²) in [5, 5.41) is 9.17. The zero-order valence-corrected chi connectivity index (χ0v) is 20.4. The van der Waals surface area contributed by atoms with Gasteiger partial charge in [-0.3, -0.25) is 4.90 Å². The number of nitrogens with zero attached hydrogens (tertiary/aromatic N) is 3. The van der Waals surface area contributed by atoms with E-state index in [1.165, 1.54) is 30.5 Å². The Kier molecular flexibility index (Phi) is 9.72. The molecule has 5 heteroatoms. The average molecular weight is 452 g/mol. The SMILES string of the molecule is CCC(CN1CCN(CCCC(CC)c2ccc(C#N)c(C)c2)CC1)Oc1ccc(F)cc1. The van der Waals surface area contributed by atoms with Crippen LogP contribution in [0, 0.1) is 24.1 Å². The van der Waals surface area contributed by atoms with Gasteiger partial charge in [0.05, 0.1) is 11.6 Å². The van der Waals surface area contributed by atoms with Crippen LogP contribution in [-0.2, 0) is 0 Å². The molecular weight excluding hydrogens is 413 g/mol. The van der Waals surface area contributed by atoms with Crippen molar-refractivity contribution in [3.8, 4) is 11.8 Å². The molecule has 0 aliphatic carbocycles. The number of halogens is 1. The van der Waals surface area contributed by atoms with Gasteiger partial charge in [0.25, 0.3) is 0 Å². The van der Waals surface area contributed by atoms with E-state index in [0.29, 0.717) is 5.92 Å². The first-order chi connectivity index (χ1) is 16.0. The molecule has 2 atom stereocenters. The van der Waals surface area contributed by atoms with Gasteiger partial charge < -0.3 is 9.64 Å². The monoisotopic (exact) mass is 451 g/mol. The second-order valence-electron chi connectivity index (χ2n) is 9.18. The van der Waals surface area contributed by atoms with Crippen molar-refractivity contribution in [2.24, 2.45) is 0 Å². The molecule has 0 bridgehead atoms. The fourth-order valence-corrected chi connectivity index (χ4v) is 4.67. The quantitative estimate of drug-likeness (QED) is 0.436. The van der Waals surface area contributed by atoms with Crippen molar-refractivity contribution >= 4 is 0 Å². The first kappa shape index (κ1) is 25.2. The van der Waals surface area contributed by atoms with Gasteiger partial charge in [0.1, 0.15) is 17.7 Å². The molecule has 1 heterocycles. The highest BCUT2D eigenvalue weighted by molar-refractivity contribution is 5.40. The van der Waals surface area contributed by atoms with Crippen LogP contribution in [0.25, 0.3) is 0 Å². The summed E-state index contributed by atoms with van der Waals surface area (Å²) in [5.41, 5.74) is 3.23. The van der Waals surface area contributed by atoms with Gasteiger partial charge in [0, 0.05) is 32.7 Å². The molecule has 1 aliphatic heterocycles. The predicted octanol–water partition coefficient (Wildman–Crippen LogP) is 5.75. The lowest BCUT2D eigenvalue weighted by atomic mass is 9.90. The van der Waals surface area contributed by atoms with Gasteiger partial charge in [-0.05, 0) is 86.5 Å². The Morgan fingerprint density at radius 3 is 2.30 bits per heavy atom. The summed E-state index contributed by atoms with van der Waals surface area (Å²) >= 11 is 0. The van der Waals surface area contributed by atoms with Crippen LogP contribution in [0.1, 0.15) is 62.1 Å². The molecule has 0 N–H and O–H groups in total. The van der Waals surface area contributed by atoms with E-state index < -0.39 is 0 Å². The Bertz CT molecular complexity index is 900. The van der Waals surface area contributed by atoms with Crippen LogP contribution in [0.15, 0.2) is 42.5 Å². The lowest BCUT2D eigenvalue weighted by Crippen LogP contribution is -2.49. The Hall–Kier alpha value is -2.42. The van der Waals surface area contributed by atoms with E-state index in [0.717, 1.165) is 69.0 Å². The van der Waals surface area contributed by atoms with Gasteiger partial charge in [0.15, 0.2) is 0 Å². The maximum absolute atomic E-state index is 13.1. The molecule has 33 heavy (non-hydrogen) atoms.